The molecule has 1 unspecified atom stereocenters. The summed E-state index contributed by atoms with van der Waals surface area (Å²) in [5.74, 6) is 0. The maximum atomic E-state index is 6.27. The van der Waals surface area contributed by atoms with E-state index in [9.17, 15) is 0 Å². The predicted octanol–water partition coefficient (Wildman–Crippen LogP) is 3.82. The van der Waals surface area contributed by atoms with Crippen molar-refractivity contribution in [3.8, 4) is 0 Å². The Hall–Kier alpha value is -1.03. The Kier molecular flexibility index (Phi) is 5.21. The van der Waals surface area contributed by atoms with Crippen LogP contribution >= 0.6 is 12.4 Å². The molecule has 1 aromatic heterocycles. The van der Waals surface area contributed by atoms with Gasteiger partial charge in [0.2, 0.25) is 0 Å². The van der Waals surface area contributed by atoms with Crippen LogP contribution in [-0.4, -0.2) is 36.7 Å². The van der Waals surface area contributed by atoms with Crippen LogP contribution in [0, 0.1) is 0 Å². The molecule has 22 heavy (non-hydrogen) atoms. The fraction of sp³-hybridized carbons (Fsp3) is 0.556. The lowest BCUT2D eigenvalue weighted by Crippen LogP contribution is -2.37. The number of rotatable bonds is 4. The molecule has 1 aliphatic rings. The minimum absolute atomic E-state index is 0. The van der Waals surface area contributed by atoms with Crippen LogP contribution in [0.4, 0.5) is 0 Å². The molecule has 0 N–H and O–H groups in total. The van der Waals surface area contributed by atoms with Crippen molar-refractivity contribution in [2.45, 2.75) is 38.8 Å². The van der Waals surface area contributed by atoms with Crippen LogP contribution in [-0.2, 0) is 23.3 Å². The highest BCUT2D eigenvalue weighted by atomic mass is 35.5. The SMILES string of the molecule is CCn1c2c(c3ccccc31)CCOC2(C)CCN(C)C.Cl. The van der Waals surface area contributed by atoms with Gasteiger partial charge in [-0.25, -0.2) is 0 Å². The summed E-state index contributed by atoms with van der Waals surface area (Å²) in [7, 11) is 4.25. The van der Waals surface area contributed by atoms with E-state index in [-0.39, 0.29) is 18.0 Å². The smallest absolute Gasteiger partial charge is 0.107 e. The molecule has 1 aliphatic heterocycles. The first-order chi connectivity index (χ1) is 10.1. The second-order valence-corrected chi connectivity index (χ2v) is 6.47. The third kappa shape index (κ3) is 2.78. The lowest BCUT2D eigenvalue weighted by atomic mass is 9.89. The lowest BCUT2D eigenvalue weighted by Gasteiger charge is -2.36. The molecule has 0 spiro atoms. The summed E-state index contributed by atoms with van der Waals surface area (Å²) in [6.45, 7) is 7.36. The van der Waals surface area contributed by atoms with E-state index in [4.69, 9.17) is 4.74 Å². The number of fused-ring (bicyclic) bond motifs is 3. The molecule has 3 rings (SSSR count). The second kappa shape index (κ2) is 6.61. The molecule has 122 valence electrons. The van der Waals surface area contributed by atoms with Gasteiger partial charge in [-0.1, -0.05) is 18.2 Å². The molecule has 0 saturated heterocycles. The third-order valence-electron chi connectivity index (χ3n) is 4.70. The van der Waals surface area contributed by atoms with E-state index in [1.54, 1.807) is 0 Å². The van der Waals surface area contributed by atoms with Crippen LogP contribution in [0.3, 0.4) is 0 Å². The third-order valence-corrected chi connectivity index (χ3v) is 4.70. The molecule has 0 fully saturated rings. The molecule has 0 saturated carbocycles. The zero-order chi connectivity index (χ0) is 15.0. The average molecular weight is 323 g/mol. The van der Waals surface area contributed by atoms with Gasteiger partial charge in [0.1, 0.15) is 5.60 Å². The van der Waals surface area contributed by atoms with Gasteiger partial charge in [-0.15, -0.1) is 12.4 Å². The van der Waals surface area contributed by atoms with Gasteiger partial charge >= 0.3 is 0 Å². The van der Waals surface area contributed by atoms with Crippen molar-refractivity contribution in [3.63, 3.8) is 0 Å². The molecule has 0 radical (unpaired) electrons. The van der Waals surface area contributed by atoms with Crippen molar-refractivity contribution in [1.82, 2.24) is 9.47 Å². The van der Waals surface area contributed by atoms with Crippen LogP contribution < -0.4 is 0 Å². The number of ether oxygens (including phenoxy) is 1. The summed E-state index contributed by atoms with van der Waals surface area (Å²) in [5, 5.41) is 1.41. The molecular weight excluding hydrogens is 296 g/mol. The first kappa shape index (κ1) is 17.3. The minimum atomic E-state index is -0.174. The molecule has 0 amide bonds. The standard InChI is InChI=1S/C18H26N2O.ClH/c1-5-20-16-9-7-6-8-14(16)15-10-13-21-18(2,17(15)20)11-12-19(3)4;/h6-9H,5,10-13H2,1-4H3;1H. The van der Waals surface area contributed by atoms with Gasteiger partial charge in [0.05, 0.1) is 12.3 Å². The fourth-order valence-corrected chi connectivity index (χ4v) is 3.64. The fourth-order valence-electron chi connectivity index (χ4n) is 3.64. The number of benzene rings is 1. The molecule has 4 heteroatoms. The second-order valence-electron chi connectivity index (χ2n) is 6.47. The maximum Gasteiger partial charge on any atom is 0.107 e. The Morgan fingerprint density at radius 3 is 2.68 bits per heavy atom. The van der Waals surface area contributed by atoms with Crippen LogP contribution in [0.5, 0.6) is 0 Å². The molecule has 0 bridgehead atoms. The molecule has 1 aromatic carbocycles. The Bertz CT molecular complexity index is 617. The Labute approximate surface area is 139 Å². The number of para-hydroxylation sites is 1. The van der Waals surface area contributed by atoms with Crippen LogP contribution in [0.1, 0.15) is 31.5 Å². The van der Waals surface area contributed by atoms with Gasteiger partial charge in [0.15, 0.2) is 0 Å². The van der Waals surface area contributed by atoms with E-state index in [0.29, 0.717) is 0 Å². The lowest BCUT2D eigenvalue weighted by molar-refractivity contribution is -0.0604. The van der Waals surface area contributed by atoms with Crippen LogP contribution in [0.2, 0.25) is 0 Å². The van der Waals surface area contributed by atoms with Crippen molar-refractivity contribution in [2.75, 3.05) is 27.2 Å². The average Bonchev–Trinajstić information content (AvgIpc) is 2.81. The van der Waals surface area contributed by atoms with Crippen LogP contribution in [0.25, 0.3) is 10.9 Å². The maximum absolute atomic E-state index is 6.27. The number of aryl methyl sites for hydroxylation is 1. The topological polar surface area (TPSA) is 17.4 Å². The molecule has 1 atom stereocenters. The molecule has 2 heterocycles. The van der Waals surface area contributed by atoms with Crippen molar-refractivity contribution in [3.05, 3.63) is 35.5 Å². The quantitative estimate of drug-likeness (QED) is 0.851. The van der Waals surface area contributed by atoms with Gasteiger partial charge in [0, 0.05) is 24.0 Å². The summed E-state index contributed by atoms with van der Waals surface area (Å²) in [4.78, 5) is 2.24. The number of hydrogen-bond donors (Lipinski definition) is 0. The van der Waals surface area contributed by atoms with E-state index < -0.39 is 0 Å². The van der Waals surface area contributed by atoms with E-state index >= 15 is 0 Å². The van der Waals surface area contributed by atoms with Gasteiger partial charge < -0.3 is 14.2 Å². The molecule has 3 nitrogen and oxygen atoms in total. The highest BCUT2D eigenvalue weighted by Gasteiger charge is 2.37. The Morgan fingerprint density at radius 1 is 1.27 bits per heavy atom. The van der Waals surface area contributed by atoms with E-state index in [2.05, 4.69) is 61.7 Å². The highest BCUT2D eigenvalue weighted by Crippen LogP contribution is 2.41. The number of nitrogens with zero attached hydrogens (tertiary/aromatic N) is 2. The van der Waals surface area contributed by atoms with Crippen LogP contribution in [0.15, 0.2) is 24.3 Å². The van der Waals surface area contributed by atoms with Gasteiger partial charge in [0.25, 0.3) is 0 Å². The van der Waals surface area contributed by atoms with E-state index in [1.165, 1.54) is 22.2 Å². The number of hydrogen-bond acceptors (Lipinski definition) is 2. The van der Waals surface area contributed by atoms with Crippen molar-refractivity contribution in [1.29, 1.82) is 0 Å². The highest BCUT2D eigenvalue weighted by molar-refractivity contribution is 5.86. The summed E-state index contributed by atoms with van der Waals surface area (Å²) in [5.41, 5.74) is 4.08. The summed E-state index contributed by atoms with van der Waals surface area (Å²) < 4.78 is 8.72. The summed E-state index contributed by atoms with van der Waals surface area (Å²) >= 11 is 0. The zero-order valence-electron chi connectivity index (χ0n) is 14.1. The van der Waals surface area contributed by atoms with Gasteiger partial charge in [-0.3, -0.25) is 0 Å². The predicted molar refractivity (Wildman–Crippen MR) is 95.0 cm³/mol. The Balaban J connectivity index is 0.00000176. The largest absolute Gasteiger partial charge is 0.369 e. The van der Waals surface area contributed by atoms with Crippen molar-refractivity contribution < 1.29 is 4.74 Å². The molecule has 0 aliphatic carbocycles. The monoisotopic (exact) mass is 322 g/mol. The van der Waals surface area contributed by atoms with Gasteiger partial charge in [-0.05, 0) is 52.4 Å². The normalized spacial score (nSPS) is 21.0. The Morgan fingerprint density at radius 2 is 2.00 bits per heavy atom. The van der Waals surface area contributed by atoms with Crippen molar-refractivity contribution in [2.24, 2.45) is 0 Å². The van der Waals surface area contributed by atoms with Gasteiger partial charge in [-0.2, -0.15) is 0 Å². The van der Waals surface area contributed by atoms with Crippen molar-refractivity contribution >= 4 is 23.3 Å². The zero-order valence-corrected chi connectivity index (χ0v) is 14.9. The first-order valence-electron chi connectivity index (χ1n) is 7.96. The number of aromatic nitrogens is 1. The number of halogens is 1. The minimum Gasteiger partial charge on any atom is -0.369 e. The van der Waals surface area contributed by atoms with E-state index in [0.717, 1.165) is 32.5 Å². The molecule has 2 aromatic rings. The summed E-state index contributed by atoms with van der Waals surface area (Å²) in [6, 6.07) is 8.79. The summed E-state index contributed by atoms with van der Waals surface area (Å²) in [6.07, 6.45) is 2.06. The first-order valence-corrected chi connectivity index (χ1v) is 7.96. The molecular formula is C18H27ClN2O. The van der Waals surface area contributed by atoms with E-state index in [1.807, 2.05) is 0 Å².